The van der Waals surface area contributed by atoms with Crippen molar-refractivity contribution in [1.29, 1.82) is 0 Å². The van der Waals surface area contributed by atoms with Crippen molar-refractivity contribution < 1.29 is 4.79 Å². The highest BCUT2D eigenvalue weighted by atomic mass is 35.5. The molecule has 24 heavy (non-hydrogen) atoms. The SMILES string of the molecule is Cc1cccc(C[C@H]2S/C(=N/N=C\c3ccccc3Cl)NC2=O)c1. The Morgan fingerprint density at radius 1 is 1.25 bits per heavy atom. The minimum absolute atomic E-state index is 0.0341. The van der Waals surface area contributed by atoms with Gasteiger partial charge in [-0.05, 0) is 25.0 Å². The van der Waals surface area contributed by atoms with Crippen LogP contribution >= 0.6 is 23.4 Å². The molecule has 1 aliphatic rings. The van der Waals surface area contributed by atoms with E-state index in [1.54, 1.807) is 12.3 Å². The van der Waals surface area contributed by atoms with E-state index in [2.05, 4.69) is 21.6 Å². The fourth-order valence-corrected chi connectivity index (χ4v) is 3.51. The molecule has 1 saturated heterocycles. The molecular weight excluding hydrogens is 342 g/mol. The van der Waals surface area contributed by atoms with E-state index >= 15 is 0 Å². The van der Waals surface area contributed by atoms with Crippen LogP contribution < -0.4 is 5.32 Å². The van der Waals surface area contributed by atoms with Gasteiger partial charge < -0.3 is 5.32 Å². The minimum Gasteiger partial charge on any atom is -0.303 e. The van der Waals surface area contributed by atoms with Gasteiger partial charge in [0.15, 0.2) is 5.17 Å². The molecule has 0 radical (unpaired) electrons. The molecule has 0 bridgehead atoms. The second-order valence-corrected chi connectivity index (χ2v) is 7.06. The molecule has 1 N–H and O–H groups in total. The molecule has 3 rings (SSSR count). The number of benzene rings is 2. The molecule has 6 heteroatoms. The predicted octanol–water partition coefficient (Wildman–Crippen LogP) is 3.81. The quantitative estimate of drug-likeness (QED) is 0.668. The van der Waals surface area contributed by atoms with Gasteiger partial charge in [-0.15, -0.1) is 5.10 Å². The van der Waals surface area contributed by atoms with E-state index in [1.165, 1.54) is 17.3 Å². The number of carbonyl (C=O) groups is 1. The summed E-state index contributed by atoms with van der Waals surface area (Å²) in [6.07, 6.45) is 2.25. The Morgan fingerprint density at radius 2 is 2.08 bits per heavy atom. The number of rotatable bonds is 4. The molecule has 0 saturated carbocycles. The van der Waals surface area contributed by atoms with Gasteiger partial charge in [0.2, 0.25) is 5.91 Å². The topological polar surface area (TPSA) is 53.8 Å². The third kappa shape index (κ3) is 4.24. The summed E-state index contributed by atoms with van der Waals surface area (Å²) in [4.78, 5) is 12.1. The molecule has 1 amide bonds. The summed E-state index contributed by atoms with van der Waals surface area (Å²) < 4.78 is 0. The smallest absolute Gasteiger partial charge is 0.239 e. The Morgan fingerprint density at radius 3 is 2.88 bits per heavy atom. The van der Waals surface area contributed by atoms with Gasteiger partial charge in [-0.2, -0.15) is 5.10 Å². The first-order valence-electron chi connectivity index (χ1n) is 7.50. The van der Waals surface area contributed by atoms with Gasteiger partial charge in [0.05, 0.1) is 11.5 Å². The summed E-state index contributed by atoms with van der Waals surface area (Å²) in [7, 11) is 0. The van der Waals surface area contributed by atoms with Crippen molar-refractivity contribution in [3.63, 3.8) is 0 Å². The Bertz CT molecular complexity index is 819. The maximum atomic E-state index is 12.1. The molecule has 4 nitrogen and oxygen atoms in total. The van der Waals surface area contributed by atoms with Crippen LogP contribution in [-0.2, 0) is 11.2 Å². The second-order valence-electron chi connectivity index (χ2n) is 5.46. The van der Waals surface area contributed by atoms with E-state index in [0.717, 1.165) is 11.1 Å². The van der Waals surface area contributed by atoms with Crippen LogP contribution in [0.1, 0.15) is 16.7 Å². The van der Waals surface area contributed by atoms with Crippen molar-refractivity contribution in [3.05, 3.63) is 70.2 Å². The number of halogens is 1. The number of amidine groups is 1. The Labute approximate surface area is 150 Å². The number of nitrogens with zero attached hydrogens (tertiary/aromatic N) is 2. The summed E-state index contributed by atoms with van der Waals surface area (Å²) in [6.45, 7) is 2.04. The summed E-state index contributed by atoms with van der Waals surface area (Å²) in [5.74, 6) is -0.0341. The fraction of sp³-hybridized carbons (Fsp3) is 0.167. The number of nitrogens with one attached hydrogen (secondary N) is 1. The average Bonchev–Trinajstić information content (AvgIpc) is 2.89. The summed E-state index contributed by atoms with van der Waals surface area (Å²) in [6, 6.07) is 15.6. The van der Waals surface area contributed by atoms with E-state index in [0.29, 0.717) is 16.6 Å². The number of hydrogen-bond acceptors (Lipinski definition) is 4. The molecule has 0 aliphatic carbocycles. The van der Waals surface area contributed by atoms with Crippen molar-refractivity contribution in [2.24, 2.45) is 10.2 Å². The first-order chi connectivity index (χ1) is 11.6. The summed E-state index contributed by atoms with van der Waals surface area (Å²) in [5, 5.41) is 11.8. The lowest BCUT2D eigenvalue weighted by Gasteiger charge is -2.05. The van der Waals surface area contributed by atoms with Crippen LogP contribution in [0.5, 0.6) is 0 Å². The summed E-state index contributed by atoms with van der Waals surface area (Å²) in [5.41, 5.74) is 3.12. The predicted molar refractivity (Wildman–Crippen MR) is 101 cm³/mol. The second kappa shape index (κ2) is 7.64. The standard InChI is InChI=1S/C18H16ClN3OS/c1-12-5-4-6-13(9-12)10-16-17(23)21-18(24-16)22-20-11-14-7-2-3-8-15(14)19/h2-9,11,16H,10H2,1H3,(H,21,22,23)/b20-11-/t16-/m1/s1. The first-order valence-corrected chi connectivity index (χ1v) is 8.76. The van der Waals surface area contributed by atoms with Crippen molar-refractivity contribution in [2.75, 3.05) is 0 Å². The molecule has 122 valence electrons. The van der Waals surface area contributed by atoms with Crippen molar-refractivity contribution in [2.45, 2.75) is 18.6 Å². The van der Waals surface area contributed by atoms with Crippen LogP contribution in [0.2, 0.25) is 5.02 Å². The van der Waals surface area contributed by atoms with E-state index in [9.17, 15) is 4.79 Å². The maximum Gasteiger partial charge on any atom is 0.239 e. The monoisotopic (exact) mass is 357 g/mol. The number of amides is 1. The van der Waals surface area contributed by atoms with E-state index in [-0.39, 0.29) is 11.2 Å². The number of carbonyl (C=O) groups excluding carboxylic acids is 1. The van der Waals surface area contributed by atoms with Gasteiger partial charge in [0.25, 0.3) is 0 Å². The van der Waals surface area contributed by atoms with Crippen LogP contribution in [-0.4, -0.2) is 22.5 Å². The molecule has 1 heterocycles. The lowest BCUT2D eigenvalue weighted by Crippen LogP contribution is -2.25. The highest BCUT2D eigenvalue weighted by Gasteiger charge is 2.30. The highest BCUT2D eigenvalue weighted by molar-refractivity contribution is 8.15. The van der Waals surface area contributed by atoms with Gasteiger partial charge in [0.1, 0.15) is 0 Å². The molecule has 1 atom stereocenters. The average molecular weight is 358 g/mol. The lowest BCUT2D eigenvalue weighted by atomic mass is 10.1. The lowest BCUT2D eigenvalue weighted by molar-refractivity contribution is -0.118. The minimum atomic E-state index is -0.180. The normalized spacial score (nSPS) is 19.2. The van der Waals surface area contributed by atoms with Crippen molar-refractivity contribution >= 4 is 40.7 Å². The Balaban J connectivity index is 1.65. The van der Waals surface area contributed by atoms with Crippen molar-refractivity contribution in [1.82, 2.24) is 5.32 Å². The van der Waals surface area contributed by atoms with Crippen LogP contribution in [0, 0.1) is 6.92 Å². The highest BCUT2D eigenvalue weighted by Crippen LogP contribution is 2.23. The van der Waals surface area contributed by atoms with E-state index in [1.807, 2.05) is 43.3 Å². The molecule has 0 spiro atoms. The number of thioether (sulfide) groups is 1. The summed E-state index contributed by atoms with van der Waals surface area (Å²) >= 11 is 7.46. The van der Waals surface area contributed by atoms with Crippen LogP contribution in [0.15, 0.2) is 58.7 Å². The van der Waals surface area contributed by atoms with Crippen molar-refractivity contribution in [3.8, 4) is 0 Å². The van der Waals surface area contributed by atoms with Gasteiger partial charge >= 0.3 is 0 Å². The molecule has 2 aromatic rings. The van der Waals surface area contributed by atoms with Crippen LogP contribution in [0.3, 0.4) is 0 Å². The van der Waals surface area contributed by atoms with E-state index in [4.69, 9.17) is 11.6 Å². The molecule has 0 aromatic heterocycles. The number of hydrogen-bond donors (Lipinski definition) is 1. The van der Waals surface area contributed by atoms with Crippen LogP contribution in [0.4, 0.5) is 0 Å². The van der Waals surface area contributed by atoms with Gasteiger partial charge in [-0.3, -0.25) is 4.79 Å². The molecule has 1 aliphatic heterocycles. The fourth-order valence-electron chi connectivity index (χ4n) is 2.36. The Hall–Kier alpha value is -2.11. The molecule has 1 fully saturated rings. The zero-order valence-electron chi connectivity index (χ0n) is 13.1. The first kappa shape index (κ1) is 16.7. The van der Waals surface area contributed by atoms with E-state index < -0.39 is 0 Å². The largest absolute Gasteiger partial charge is 0.303 e. The maximum absolute atomic E-state index is 12.1. The number of aryl methyl sites for hydroxylation is 1. The third-order valence-corrected chi connectivity index (χ3v) is 4.95. The molecule has 0 unspecified atom stereocenters. The Kier molecular flexibility index (Phi) is 5.33. The molecular formula is C18H16ClN3OS. The van der Waals surface area contributed by atoms with Gasteiger partial charge in [0, 0.05) is 10.6 Å². The third-order valence-electron chi connectivity index (χ3n) is 3.53. The van der Waals surface area contributed by atoms with Gasteiger partial charge in [-0.1, -0.05) is 71.4 Å². The zero-order chi connectivity index (χ0) is 16.9. The van der Waals surface area contributed by atoms with Gasteiger partial charge in [-0.25, -0.2) is 0 Å². The van der Waals surface area contributed by atoms with Crippen LogP contribution in [0.25, 0.3) is 0 Å². The molecule has 2 aromatic carbocycles. The zero-order valence-corrected chi connectivity index (χ0v) is 14.6.